The van der Waals surface area contributed by atoms with Crippen LogP contribution in [-0.4, -0.2) is 7.05 Å². The first-order chi connectivity index (χ1) is 9.09. The zero-order chi connectivity index (χ0) is 13.8. The summed E-state index contributed by atoms with van der Waals surface area (Å²) in [5.41, 5.74) is 3.62. The first-order valence-electron chi connectivity index (χ1n) is 6.04. The molecule has 0 saturated heterocycles. The molecule has 0 unspecified atom stereocenters. The summed E-state index contributed by atoms with van der Waals surface area (Å²) >= 11 is 5.40. The molecule has 0 heterocycles. The Morgan fingerprint density at radius 3 is 2.58 bits per heavy atom. The molecule has 0 bridgehead atoms. The molecule has 2 nitrogen and oxygen atoms in total. The maximum atomic E-state index is 5.89. The predicted molar refractivity (Wildman–Crippen MR) is 87.5 cm³/mol. The van der Waals surface area contributed by atoms with Crippen LogP contribution in [-0.2, 0) is 5.75 Å². The molecule has 2 rings (SSSR count). The van der Waals surface area contributed by atoms with Crippen molar-refractivity contribution in [2.45, 2.75) is 17.6 Å². The third-order valence-corrected chi connectivity index (χ3v) is 4.95. The smallest absolute Gasteiger partial charge is 0.0652 e. The van der Waals surface area contributed by atoms with Crippen LogP contribution in [0, 0.1) is 6.92 Å². The lowest BCUT2D eigenvalue weighted by molar-refractivity contribution is 0.989. The van der Waals surface area contributed by atoms with Crippen molar-refractivity contribution in [3.05, 3.63) is 58.1 Å². The van der Waals surface area contributed by atoms with Gasteiger partial charge in [0.1, 0.15) is 0 Å². The number of aryl methyl sites for hydroxylation is 1. The van der Waals surface area contributed by atoms with Gasteiger partial charge in [0.15, 0.2) is 0 Å². The number of nitrogens with zero attached hydrogens (tertiary/aromatic N) is 1. The van der Waals surface area contributed by atoms with Gasteiger partial charge in [-0.25, -0.2) is 5.84 Å². The van der Waals surface area contributed by atoms with Crippen molar-refractivity contribution in [3.8, 4) is 0 Å². The summed E-state index contributed by atoms with van der Waals surface area (Å²) in [5.74, 6) is 6.82. The Labute approximate surface area is 127 Å². The van der Waals surface area contributed by atoms with Gasteiger partial charge in [-0.1, -0.05) is 46.3 Å². The first kappa shape index (κ1) is 14.4. The van der Waals surface area contributed by atoms with Crippen LogP contribution in [0.1, 0.15) is 11.1 Å². The molecular formula is C15H17BrN2S. The van der Waals surface area contributed by atoms with Crippen molar-refractivity contribution in [3.63, 3.8) is 0 Å². The van der Waals surface area contributed by atoms with Crippen LogP contribution >= 0.6 is 27.7 Å². The number of thioether (sulfide) groups is 1. The normalized spacial score (nSPS) is 10.5. The summed E-state index contributed by atoms with van der Waals surface area (Å²) in [6.45, 7) is 2.12. The van der Waals surface area contributed by atoms with Gasteiger partial charge in [-0.2, -0.15) is 0 Å². The average Bonchev–Trinajstić information content (AvgIpc) is 2.38. The SMILES string of the molecule is Cc1cccc(N(C)N)c1SCc1ccccc1Br. The molecule has 4 heteroatoms. The van der Waals surface area contributed by atoms with Crippen molar-refractivity contribution in [1.82, 2.24) is 0 Å². The summed E-state index contributed by atoms with van der Waals surface area (Å²) in [5, 5.41) is 1.68. The van der Waals surface area contributed by atoms with Crippen LogP contribution in [0.3, 0.4) is 0 Å². The van der Waals surface area contributed by atoms with Crippen molar-refractivity contribution < 1.29 is 0 Å². The number of anilines is 1. The van der Waals surface area contributed by atoms with Crippen LogP contribution in [0.4, 0.5) is 5.69 Å². The highest BCUT2D eigenvalue weighted by Gasteiger charge is 2.09. The molecular weight excluding hydrogens is 320 g/mol. The fourth-order valence-electron chi connectivity index (χ4n) is 1.87. The number of rotatable bonds is 4. The van der Waals surface area contributed by atoms with Gasteiger partial charge in [0.2, 0.25) is 0 Å². The molecule has 0 fully saturated rings. The van der Waals surface area contributed by atoms with Crippen molar-refractivity contribution in [2.75, 3.05) is 12.1 Å². The van der Waals surface area contributed by atoms with Crippen LogP contribution in [0.2, 0.25) is 0 Å². The Morgan fingerprint density at radius 1 is 1.16 bits per heavy atom. The maximum Gasteiger partial charge on any atom is 0.0652 e. The Morgan fingerprint density at radius 2 is 1.89 bits per heavy atom. The van der Waals surface area contributed by atoms with E-state index in [0.717, 1.165) is 15.9 Å². The molecule has 0 radical (unpaired) electrons. The lowest BCUT2D eigenvalue weighted by Crippen LogP contribution is -2.25. The summed E-state index contributed by atoms with van der Waals surface area (Å²) < 4.78 is 1.15. The van der Waals surface area contributed by atoms with Gasteiger partial charge in [-0.05, 0) is 30.2 Å². The second-order valence-corrected chi connectivity index (χ2v) is 6.25. The fraction of sp³-hybridized carbons (Fsp3) is 0.200. The van der Waals surface area contributed by atoms with Crippen molar-refractivity contribution in [1.29, 1.82) is 0 Å². The van der Waals surface area contributed by atoms with Gasteiger partial charge in [0.05, 0.1) is 5.69 Å². The van der Waals surface area contributed by atoms with E-state index in [0.29, 0.717) is 0 Å². The summed E-state index contributed by atoms with van der Waals surface area (Å²) in [4.78, 5) is 1.24. The molecule has 19 heavy (non-hydrogen) atoms. The Bertz CT molecular complexity index is 570. The van der Waals surface area contributed by atoms with E-state index in [1.54, 1.807) is 5.01 Å². The third-order valence-electron chi connectivity index (χ3n) is 2.90. The zero-order valence-corrected chi connectivity index (χ0v) is 13.5. The number of nitrogens with two attached hydrogens (primary N) is 1. The van der Waals surface area contributed by atoms with Gasteiger partial charge in [0.25, 0.3) is 0 Å². The van der Waals surface area contributed by atoms with E-state index >= 15 is 0 Å². The molecule has 100 valence electrons. The molecule has 0 atom stereocenters. The highest BCUT2D eigenvalue weighted by Crippen LogP contribution is 2.35. The maximum absolute atomic E-state index is 5.89. The molecule has 2 N–H and O–H groups in total. The van der Waals surface area contributed by atoms with Gasteiger partial charge in [-0.15, -0.1) is 11.8 Å². The highest BCUT2D eigenvalue weighted by atomic mass is 79.9. The molecule has 0 amide bonds. The molecule has 2 aromatic rings. The van der Waals surface area contributed by atoms with Crippen LogP contribution in [0.15, 0.2) is 51.8 Å². The monoisotopic (exact) mass is 336 g/mol. The standard InChI is InChI=1S/C15H17BrN2S/c1-11-6-5-9-14(18(2)17)15(11)19-10-12-7-3-4-8-13(12)16/h3-9H,10,17H2,1-2H3. The summed E-state index contributed by atoms with van der Waals surface area (Å²) in [6.07, 6.45) is 0. The van der Waals surface area contributed by atoms with E-state index < -0.39 is 0 Å². The molecule has 0 aliphatic rings. The van der Waals surface area contributed by atoms with Crippen molar-refractivity contribution >= 4 is 33.4 Å². The fourth-order valence-corrected chi connectivity index (χ4v) is 3.69. The number of hydrazine groups is 1. The molecule has 2 aromatic carbocycles. The number of hydrogen-bond donors (Lipinski definition) is 1. The second kappa shape index (κ2) is 6.46. The van der Waals surface area contributed by atoms with Crippen LogP contribution in [0.5, 0.6) is 0 Å². The number of halogens is 1. The molecule has 0 aliphatic heterocycles. The molecule has 0 spiro atoms. The summed E-state index contributed by atoms with van der Waals surface area (Å²) in [6, 6.07) is 14.5. The van der Waals surface area contributed by atoms with Crippen LogP contribution < -0.4 is 10.9 Å². The zero-order valence-electron chi connectivity index (χ0n) is 11.1. The Kier molecular flexibility index (Phi) is 4.91. The number of hydrogen-bond acceptors (Lipinski definition) is 3. The van der Waals surface area contributed by atoms with E-state index in [-0.39, 0.29) is 0 Å². The minimum absolute atomic E-state index is 0.924. The first-order valence-corrected chi connectivity index (χ1v) is 7.81. The third kappa shape index (κ3) is 3.53. The largest absolute Gasteiger partial charge is 0.313 e. The topological polar surface area (TPSA) is 29.3 Å². The average molecular weight is 337 g/mol. The van der Waals surface area contributed by atoms with E-state index in [2.05, 4.69) is 53.2 Å². The summed E-state index contributed by atoms with van der Waals surface area (Å²) in [7, 11) is 1.87. The van der Waals surface area contributed by atoms with E-state index in [1.807, 2.05) is 30.9 Å². The van der Waals surface area contributed by atoms with Crippen LogP contribution in [0.25, 0.3) is 0 Å². The quantitative estimate of drug-likeness (QED) is 0.511. The Hall–Kier alpha value is -0.970. The number of benzene rings is 2. The van der Waals surface area contributed by atoms with Gasteiger partial charge in [0, 0.05) is 22.2 Å². The Balaban J connectivity index is 2.22. The highest BCUT2D eigenvalue weighted by molar-refractivity contribution is 9.10. The van der Waals surface area contributed by atoms with Gasteiger partial charge < -0.3 is 5.01 Å². The minimum atomic E-state index is 0.924. The van der Waals surface area contributed by atoms with E-state index in [4.69, 9.17) is 5.84 Å². The van der Waals surface area contributed by atoms with Gasteiger partial charge >= 0.3 is 0 Å². The molecule has 0 aromatic heterocycles. The lowest BCUT2D eigenvalue weighted by atomic mass is 10.2. The van der Waals surface area contributed by atoms with E-state index in [1.165, 1.54) is 16.0 Å². The predicted octanol–water partition coefficient (Wildman–Crippen LogP) is 4.36. The second-order valence-electron chi connectivity index (χ2n) is 4.41. The van der Waals surface area contributed by atoms with Crippen molar-refractivity contribution in [2.24, 2.45) is 5.84 Å². The lowest BCUT2D eigenvalue weighted by Gasteiger charge is -2.18. The molecule has 0 saturated carbocycles. The van der Waals surface area contributed by atoms with Gasteiger partial charge in [-0.3, -0.25) is 0 Å². The van der Waals surface area contributed by atoms with E-state index in [9.17, 15) is 0 Å². The molecule has 0 aliphatic carbocycles. The minimum Gasteiger partial charge on any atom is -0.313 e.